The summed E-state index contributed by atoms with van der Waals surface area (Å²) >= 11 is 0. The third-order valence-corrected chi connectivity index (χ3v) is 24.6. The lowest BCUT2D eigenvalue weighted by Gasteiger charge is -3.04. The van der Waals surface area contributed by atoms with Gasteiger partial charge in [0.1, 0.15) is 0 Å². The minimum atomic E-state index is 0.967. The van der Waals surface area contributed by atoms with Gasteiger partial charge in [0.15, 0.2) is 0 Å². The van der Waals surface area contributed by atoms with Crippen LogP contribution in [-0.2, 0) is 0 Å². The van der Waals surface area contributed by atoms with Crippen molar-refractivity contribution in [2.75, 3.05) is 0 Å². The largest absolute Gasteiger partial charge is 0.0496 e. The molecule has 0 aromatic carbocycles. The van der Waals surface area contributed by atoms with E-state index in [0.29, 0.717) is 0 Å². The van der Waals surface area contributed by atoms with Crippen molar-refractivity contribution in [1.82, 2.24) is 0 Å². The zero-order valence-corrected chi connectivity index (χ0v) is 22.7. The predicted molar refractivity (Wildman–Crippen MR) is 137 cm³/mol. The molecule has 194 valence electrons. The Labute approximate surface area is 226 Å². The van der Waals surface area contributed by atoms with Crippen LogP contribution in [-0.4, -0.2) is 0 Å². The Balaban J connectivity index is 0.751. The molecule has 4 spiro atoms. The van der Waals surface area contributed by atoms with Crippen molar-refractivity contribution >= 4 is 0 Å². The van der Waals surface area contributed by atoms with Crippen molar-refractivity contribution in [3.8, 4) is 0 Å². The van der Waals surface area contributed by atoms with E-state index in [1.165, 1.54) is 154 Å². The van der Waals surface area contributed by atoms with Gasteiger partial charge in [-0.15, -0.1) is 0 Å². The van der Waals surface area contributed by atoms with Crippen molar-refractivity contribution in [3.05, 3.63) is 0 Å². The van der Waals surface area contributed by atoms with Crippen LogP contribution in [0, 0.1) is 176 Å². The fraction of sp³-hybridized carbons (Fsp3) is 1.00. The minimum Gasteiger partial charge on any atom is -0.0496 e. The first-order valence-corrected chi connectivity index (χ1v) is 18.8. The maximum atomic E-state index is 1.81. The van der Waals surface area contributed by atoms with E-state index in [9.17, 15) is 0 Å². The first-order valence-electron chi connectivity index (χ1n) is 18.8. The van der Waals surface area contributed by atoms with Crippen LogP contribution in [0.4, 0.5) is 0 Å². The molecule has 0 aromatic heterocycles. The zero-order valence-electron chi connectivity index (χ0n) is 22.7. The highest BCUT2D eigenvalue weighted by atomic mass is 15.1. The summed E-state index contributed by atoms with van der Waals surface area (Å²) in [7, 11) is 0. The van der Waals surface area contributed by atoms with Crippen LogP contribution in [0.2, 0.25) is 0 Å². The zero-order chi connectivity index (χ0) is 22.7. The van der Waals surface area contributed by atoms with E-state index in [4.69, 9.17) is 0 Å². The Kier molecular flexibility index (Phi) is 1.79. The molecule has 0 saturated heterocycles. The maximum absolute atomic E-state index is 1.81. The fourth-order valence-corrected chi connectivity index (χ4v) is 25.5. The Hall–Kier alpha value is 0. The average molecular weight is 499 g/mol. The Morgan fingerprint density at radius 1 is 0.342 bits per heavy atom. The summed E-state index contributed by atoms with van der Waals surface area (Å²) in [6, 6.07) is 0. The number of hydrogen-bond acceptors (Lipinski definition) is 0. The summed E-state index contributed by atoms with van der Waals surface area (Å²) in [6.45, 7) is 0. The van der Waals surface area contributed by atoms with Crippen molar-refractivity contribution in [1.29, 1.82) is 0 Å². The molecular formula is C38H42. The average Bonchev–Trinajstić information content (AvgIpc) is 3.19. The smallest absolute Gasteiger partial charge is 0.0164 e. The quantitative estimate of drug-likeness (QED) is 0.343. The molecule has 38 heavy (non-hydrogen) atoms. The highest BCUT2D eigenvalue weighted by molar-refractivity contribution is 5.53. The van der Waals surface area contributed by atoms with E-state index < -0.39 is 0 Å². The summed E-state index contributed by atoms with van der Waals surface area (Å²) in [6.07, 6.45) is 13.8. The van der Waals surface area contributed by atoms with Crippen LogP contribution in [0.15, 0.2) is 0 Å². The lowest BCUT2D eigenvalue weighted by atomic mass is 9.00. The third-order valence-electron chi connectivity index (χ3n) is 24.6. The highest BCUT2D eigenvalue weighted by Gasteiger charge is 3.06. The molecule has 0 nitrogen and oxygen atoms in total. The Morgan fingerprint density at radius 3 is 1.61 bits per heavy atom. The molecule has 0 heterocycles. The standard InChI is InChI=1S/C38H42/c1-2-10-9(1)12-13(10)16-15(12)17-18(16)20-19(17)21-23(20)28-24(21)29-25-22-26-30(25)36(28,29)6-8-37-31(26)27(22)33(37)32-14-11-3-4-35(11)5-7-38(32,37)34(14)35/h9-34H,1-8H2. The van der Waals surface area contributed by atoms with Gasteiger partial charge in [-0.1, -0.05) is 0 Å². The number of fused-ring (bicyclic) bond motifs is 27. The molecule has 18 fully saturated rings. The molecule has 0 bridgehead atoms. The Bertz CT molecular complexity index is 1490. The molecule has 0 aliphatic heterocycles. The molecule has 18 aliphatic carbocycles. The summed E-state index contributed by atoms with van der Waals surface area (Å²) in [5.74, 6) is 34.0. The van der Waals surface area contributed by atoms with Gasteiger partial charge in [0.2, 0.25) is 0 Å². The van der Waals surface area contributed by atoms with Crippen molar-refractivity contribution in [2.24, 2.45) is 176 Å². The van der Waals surface area contributed by atoms with Crippen LogP contribution < -0.4 is 0 Å². The molecule has 0 N–H and O–H groups in total. The van der Waals surface area contributed by atoms with E-state index in [0.717, 1.165) is 21.7 Å². The van der Waals surface area contributed by atoms with Gasteiger partial charge < -0.3 is 0 Å². The SMILES string of the molecule is C1CC2C1C1C2C2C1C1C2C2C1C1C2C2C1C1C3C4C5C3C21CCC12C5C4C1C1C3C4CCC45CCC12C35. The van der Waals surface area contributed by atoms with E-state index in [1.54, 1.807) is 51.4 Å². The van der Waals surface area contributed by atoms with Gasteiger partial charge in [0, 0.05) is 0 Å². The van der Waals surface area contributed by atoms with Crippen LogP contribution in [0.3, 0.4) is 0 Å². The van der Waals surface area contributed by atoms with E-state index in [1.807, 2.05) is 0 Å². The molecule has 30 unspecified atom stereocenters. The molecule has 30 atom stereocenters. The lowest BCUT2D eigenvalue weighted by molar-refractivity contribution is -0.574. The normalized spacial score (nSPS) is 99.2. The van der Waals surface area contributed by atoms with Gasteiger partial charge in [0.25, 0.3) is 0 Å². The van der Waals surface area contributed by atoms with Gasteiger partial charge in [-0.25, -0.2) is 0 Å². The van der Waals surface area contributed by atoms with Gasteiger partial charge in [-0.05, 0) is 227 Å². The maximum Gasteiger partial charge on any atom is -0.0164 e. The molecule has 0 radical (unpaired) electrons. The molecule has 0 aromatic rings. The summed E-state index contributed by atoms with van der Waals surface area (Å²) in [5.41, 5.74) is 3.90. The molecular weight excluding hydrogens is 456 g/mol. The Morgan fingerprint density at radius 2 is 0.895 bits per heavy atom. The third kappa shape index (κ3) is 0.911. The van der Waals surface area contributed by atoms with Crippen molar-refractivity contribution < 1.29 is 0 Å². The first kappa shape index (κ1) is 17.2. The lowest BCUT2D eigenvalue weighted by Crippen LogP contribution is -3.01. The second kappa shape index (κ2) is 3.96. The minimum absolute atomic E-state index is 0.967. The van der Waals surface area contributed by atoms with Gasteiger partial charge in [0.05, 0.1) is 0 Å². The second-order valence-corrected chi connectivity index (χ2v) is 21.3. The van der Waals surface area contributed by atoms with Crippen molar-refractivity contribution in [2.45, 2.75) is 51.4 Å². The van der Waals surface area contributed by atoms with Gasteiger partial charge in [-0.3, -0.25) is 0 Å². The number of rotatable bonds is 0. The molecule has 18 saturated carbocycles. The van der Waals surface area contributed by atoms with Gasteiger partial charge in [-0.2, -0.15) is 0 Å². The van der Waals surface area contributed by atoms with Crippen LogP contribution in [0.1, 0.15) is 51.4 Å². The molecule has 18 aliphatic rings. The van der Waals surface area contributed by atoms with Crippen LogP contribution in [0.25, 0.3) is 0 Å². The van der Waals surface area contributed by atoms with E-state index >= 15 is 0 Å². The van der Waals surface area contributed by atoms with Gasteiger partial charge >= 0.3 is 0 Å². The topological polar surface area (TPSA) is 0 Å². The summed E-state index contributed by atoms with van der Waals surface area (Å²) < 4.78 is 0. The monoisotopic (exact) mass is 498 g/mol. The van der Waals surface area contributed by atoms with Crippen LogP contribution >= 0.6 is 0 Å². The fourth-order valence-electron chi connectivity index (χ4n) is 25.5. The molecule has 0 heteroatoms. The van der Waals surface area contributed by atoms with E-state index in [-0.39, 0.29) is 0 Å². The summed E-state index contributed by atoms with van der Waals surface area (Å²) in [4.78, 5) is 0. The predicted octanol–water partition coefficient (Wildman–Crippen LogP) is 6.32. The molecule has 18 rings (SSSR count). The second-order valence-electron chi connectivity index (χ2n) is 21.3. The summed E-state index contributed by atoms with van der Waals surface area (Å²) in [5, 5.41) is 0. The molecule has 0 amide bonds. The van der Waals surface area contributed by atoms with Crippen molar-refractivity contribution in [3.63, 3.8) is 0 Å². The number of hydrogen-bond donors (Lipinski definition) is 0. The first-order chi connectivity index (χ1) is 18.8. The van der Waals surface area contributed by atoms with E-state index in [2.05, 4.69) is 0 Å². The highest BCUT2D eigenvalue weighted by Crippen LogP contribution is 3.10. The van der Waals surface area contributed by atoms with Crippen LogP contribution in [0.5, 0.6) is 0 Å².